The molecule has 4 rings (SSSR count). The van der Waals surface area contributed by atoms with Crippen molar-refractivity contribution in [1.29, 1.82) is 0 Å². The highest BCUT2D eigenvalue weighted by molar-refractivity contribution is 7.99. The van der Waals surface area contributed by atoms with Gasteiger partial charge in [-0.3, -0.25) is 9.36 Å². The molecule has 0 spiro atoms. The molecule has 0 fully saturated rings. The number of hydrogen-bond acceptors (Lipinski definition) is 4. The molecule has 0 aliphatic rings. The molecule has 0 bridgehead atoms. The molecule has 0 saturated carbocycles. The molecule has 1 heterocycles. The van der Waals surface area contributed by atoms with Crippen molar-refractivity contribution < 1.29 is 9.18 Å². The summed E-state index contributed by atoms with van der Waals surface area (Å²) in [4.78, 5) is 12.6. The van der Waals surface area contributed by atoms with Gasteiger partial charge in [-0.1, -0.05) is 29.4 Å². The van der Waals surface area contributed by atoms with Crippen molar-refractivity contribution in [2.45, 2.75) is 19.0 Å². The first-order valence-electron chi connectivity index (χ1n) is 9.87. The Kier molecular flexibility index (Phi) is 6.58. The van der Waals surface area contributed by atoms with Gasteiger partial charge in [0.2, 0.25) is 5.91 Å². The van der Waals surface area contributed by atoms with Crippen molar-refractivity contribution in [2.24, 2.45) is 0 Å². The number of thioether (sulfide) groups is 1. The Bertz CT molecular complexity index is 1240. The predicted molar refractivity (Wildman–Crippen MR) is 127 cm³/mol. The molecular weight excluding hydrogens is 447 g/mol. The summed E-state index contributed by atoms with van der Waals surface area (Å²) in [5, 5.41) is 12.7. The minimum absolute atomic E-state index is 0.146. The van der Waals surface area contributed by atoms with Crippen molar-refractivity contribution in [1.82, 2.24) is 14.8 Å². The van der Waals surface area contributed by atoms with Gasteiger partial charge in [-0.2, -0.15) is 0 Å². The fourth-order valence-electron chi connectivity index (χ4n) is 3.35. The average molecular weight is 467 g/mol. The number of aromatic nitrogens is 3. The molecule has 0 aliphatic carbocycles. The van der Waals surface area contributed by atoms with Crippen molar-refractivity contribution in [3.8, 4) is 17.1 Å². The van der Waals surface area contributed by atoms with Gasteiger partial charge in [0.1, 0.15) is 5.82 Å². The Morgan fingerprint density at radius 1 is 1.00 bits per heavy atom. The van der Waals surface area contributed by atoms with E-state index in [9.17, 15) is 9.18 Å². The standard InChI is InChI=1S/C24H20ClFN4OS/c1-15-11-16(2)13-20(12-15)27-22(31)14-32-24-29-28-23(17-3-5-18(25)6-4-17)30(24)21-9-7-19(26)8-10-21/h3-13H,14H2,1-2H3,(H,27,31). The first-order valence-corrected chi connectivity index (χ1v) is 11.2. The van der Waals surface area contributed by atoms with E-state index in [4.69, 9.17) is 11.6 Å². The van der Waals surface area contributed by atoms with Gasteiger partial charge < -0.3 is 5.32 Å². The normalized spacial score (nSPS) is 10.9. The maximum atomic E-state index is 13.5. The third-order valence-electron chi connectivity index (χ3n) is 4.66. The number of amides is 1. The molecule has 0 unspecified atom stereocenters. The fourth-order valence-corrected chi connectivity index (χ4v) is 4.22. The number of halogens is 2. The summed E-state index contributed by atoms with van der Waals surface area (Å²) < 4.78 is 15.3. The van der Waals surface area contributed by atoms with Crippen LogP contribution in [0.2, 0.25) is 5.02 Å². The van der Waals surface area contributed by atoms with Crippen molar-refractivity contribution in [3.05, 3.63) is 88.7 Å². The van der Waals surface area contributed by atoms with Gasteiger partial charge in [0.05, 0.1) is 5.75 Å². The number of nitrogens with one attached hydrogen (secondary N) is 1. The summed E-state index contributed by atoms with van der Waals surface area (Å²) in [6.07, 6.45) is 0. The first-order chi connectivity index (χ1) is 15.4. The second-order valence-electron chi connectivity index (χ2n) is 7.34. The number of carbonyl (C=O) groups excluding carboxylic acids is 1. The molecule has 1 amide bonds. The topological polar surface area (TPSA) is 59.8 Å². The molecule has 5 nitrogen and oxygen atoms in total. The van der Waals surface area contributed by atoms with E-state index < -0.39 is 0 Å². The monoisotopic (exact) mass is 466 g/mol. The first kappa shape index (κ1) is 22.0. The summed E-state index contributed by atoms with van der Waals surface area (Å²) in [6, 6.07) is 19.2. The molecule has 0 saturated heterocycles. The molecule has 3 aromatic carbocycles. The van der Waals surface area contributed by atoms with Crippen LogP contribution in [0.1, 0.15) is 11.1 Å². The van der Waals surface area contributed by atoms with Gasteiger partial charge in [-0.15, -0.1) is 10.2 Å². The Morgan fingerprint density at radius 2 is 1.66 bits per heavy atom. The zero-order valence-electron chi connectivity index (χ0n) is 17.5. The quantitative estimate of drug-likeness (QED) is 0.350. The highest BCUT2D eigenvalue weighted by atomic mass is 35.5. The van der Waals surface area contributed by atoms with Crippen LogP contribution in [0.5, 0.6) is 0 Å². The number of hydrogen-bond donors (Lipinski definition) is 1. The molecule has 0 radical (unpaired) electrons. The number of aryl methyl sites for hydroxylation is 2. The molecule has 32 heavy (non-hydrogen) atoms. The van der Waals surface area contributed by atoms with E-state index in [2.05, 4.69) is 15.5 Å². The second-order valence-corrected chi connectivity index (χ2v) is 8.72. The molecule has 1 N–H and O–H groups in total. The van der Waals surface area contributed by atoms with E-state index in [1.165, 1.54) is 23.9 Å². The maximum absolute atomic E-state index is 13.5. The number of benzene rings is 3. The number of carbonyl (C=O) groups is 1. The summed E-state index contributed by atoms with van der Waals surface area (Å²) in [6.45, 7) is 3.97. The van der Waals surface area contributed by atoms with E-state index in [0.29, 0.717) is 21.7 Å². The van der Waals surface area contributed by atoms with Gasteiger partial charge in [0.25, 0.3) is 0 Å². The summed E-state index contributed by atoms with van der Waals surface area (Å²) in [7, 11) is 0. The minimum Gasteiger partial charge on any atom is -0.325 e. The van der Waals surface area contributed by atoms with Crippen molar-refractivity contribution in [3.63, 3.8) is 0 Å². The highest BCUT2D eigenvalue weighted by Gasteiger charge is 2.17. The van der Waals surface area contributed by atoms with Gasteiger partial charge in [-0.05, 0) is 85.6 Å². The van der Waals surface area contributed by atoms with E-state index in [0.717, 1.165) is 22.4 Å². The van der Waals surface area contributed by atoms with Gasteiger partial charge >= 0.3 is 0 Å². The largest absolute Gasteiger partial charge is 0.325 e. The van der Waals surface area contributed by atoms with Crippen LogP contribution in [0.4, 0.5) is 10.1 Å². The van der Waals surface area contributed by atoms with E-state index in [1.807, 2.05) is 44.2 Å². The Balaban J connectivity index is 1.59. The van der Waals surface area contributed by atoms with Gasteiger partial charge in [0.15, 0.2) is 11.0 Å². The molecule has 4 aromatic rings. The van der Waals surface area contributed by atoms with E-state index >= 15 is 0 Å². The number of anilines is 1. The Hall–Kier alpha value is -3.16. The Labute approximate surface area is 194 Å². The lowest BCUT2D eigenvalue weighted by Crippen LogP contribution is -2.14. The lowest BCUT2D eigenvalue weighted by Gasteiger charge is -2.11. The third-order valence-corrected chi connectivity index (χ3v) is 5.84. The third kappa shape index (κ3) is 5.18. The summed E-state index contributed by atoms with van der Waals surface area (Å²) in [5.74, 6) is 0.233. The smallest absolute Gasteiger partial charge is 0.234 e. The molecule has 8 heteroatoms. The lowest BCUT2D eigenvalue weighted by molar-refractivity contribution is -0.113. The SMILES string of the molecule is Cc1cc(C)cc(NC(=O)CSc2nnc(-c3ccc(Cl)cc3)n2-c2ccc(F)cc2)c1. The van der Waals surface area contributed by atoms with E-state index in [1.54, 1.807) is 28.8 Å². The highest BCUT2D eigenvalue weighted by Crippen LogP contribution is 2.29. The van der Waals surface area contributed by atoms with Crippen LogP contribution >= 0.6 is 23.4 Å². The van der Waals surface area contributed by atoms with Crippen LogP contribution in [-0.4, -0.2) is 26.4 Å². The second kappa shape index (κ2) is 9.54. The van der Waals surface area contributed by atoms with Gasteiger partial charge in [-0.25, -0.2) is 4.39 Å². The van der Waals surface area contributed by atoms with Gasteiger partial charge in [0, 0.05) is 22.0 Å². The van der Waals surface area contributed by atoms with E-state index in [-0.39, 0.29) is 17.5 Å². The van der Waals surface area contributed by atoms with Crippen LogP contribution in [0.15, 0.2) is 71.9 Å². The lowest BCUT2D eigenvalue weighted by atomic mass is 10.1. The molecule has 0 atom stereocenters. The predicted octanol–water partition coefficient (Wildman–Crippen LogP) is 6.07. The molecular formula is C24H20ClFN4OS. The maximum Gasteiger partial charge on any atom is 0.234 e. The van der Waals surface area contributed by atoms with Crippen molar-refractivity contribution in [2.75, 3.05) is 11.1 Å². The number of rotatable bonds is 6. The molecule has 0 aliphatic heterocycles. The summed E-state index contributed by atoms with van der Waals surface area (Å²) >= 11 is 7.27. The Morgan fingerprint density at radius 3 is 2.31 bits per heavy atom. The zero-order chi connectivity index (χ0) is 22.7. The van der Waals surface area contributed by atoms with Crippen LogP contribution < -0.4 is 5.32 Å². The molecule has 162 valence electrons. The minimum atomic E-state index is -0.336. The zero-order valence-corrected chi connectivity index (χ0v) is 19.0. The summed E-state index contributed by atoms with van der Waals surface area (Å²) in [5.41, 5.74) is 4.42. The van der Waals surface area contributed by atoms with Crippen LogP contribution in [0.25, 0.3) is 17.1 Å². The van der Waals surface area contributed by atoms with Crippen LogP contribution in [0, 0.1) is 19.7 Å². The van der Waals surface area contributed by atoms with Crippen LogP contribution in [0.3, 0.4) is 0 Å². The molecule has 1 aromatic heterocycles. The number of nitrogens with zero attached hydrogens (tertiary/aromatic N) is 3. The van der Waals surface area contributed by atoms with Crippen LogP contribution in [-0.2, 0) is 4.79 Å². The van der Waals surface area contributed by atoms with Crippen molar-refractivity contribution >= 4 is 35.0 Å². The average Bonchev–Trinajstić information content (AvgIpc) is 3.16. The fraction of sp³-hybridized carbons (Fsp3) is 0.125.